The van der Waals surface area contributed by atoms with Crippen molar-refractivity contribution in [1.82, 2.24) is 14.9 Å². The molecule has 0 aromatic heterocycles. The van der Waals surface area contributed by atoms with Gasteiger partial charge in [-0.05, 0) is 44.4 Å². The highest BCUT2D eigenvalue weighted by molar-refractivity contribution is 7.89. The summed E-state index contributed by atoms with van der Waals surface area (Å²) in [5.41, 5.74) is 1.03. The number of hydrogen-bond donors (Lipinski definition) is 2. The molecule has 1 aliphatic heterocycles. The van der Waals surface area contributed by atoms with E-state index in [1.54, 1.807) is 18.3 Å². The predicted molar refractivity (Wildman–Crippen MR) is 119 cm³/mol. The fraction of sp³-hybridized carbons (Fsp3) is 0.667. The van der Waals surface area contributed by atoms with Crippen LogP contribution in [0.1, 0.15) is 46.1 Å². The van der Waals surface area contributed by atoms with Crippen LogP contribution in [-0.2, 0) is 15.4 Å². The lowest BCUT2D eigenvalue weighted by molar-refractivity contribution is 0.306. The number of sulfonamides is 1. The van der Waals surface area contributed by atoms with Crippen molar-refractivity contribution in [3.05, 3.63) is 29.8 Å². The van der Waals surface area contributed by atoms with Gasteiger partial charge in [-0.1, -0.05) is 26.0 Å². The molecule has 7 nitrogen and oxygen atoms in total. The highest BCUT2D eigenvalue weighted by Crippen LogP contribution is 2.26. The van der Waals surface area contributed by atoms with Crippen molar-refractivity contribution in [3.8, 4) is 5.75 Å². The number of methoxy groups -OCH3 is 1. The van der Waals surface area contributed by atoms with Gasteiger partial charge in [0.2, 0.25) is 10.0 Å². The van der Waals surface area contributed by atoms with Crippen molar-refractivity contribution in [2.45, 2.75) is 52.0 Å². The summed E-state index contributed by atoms with van der Waals surface area (Å²) in [4.78, 5) is 4.82. The lowest BCUT2D eigenvalue weighted by atomic mass is 9.84. The minimum Gasteiger partial charge on any atom is -0.497 e. The minimum atomic E-state index is -3.10. The first kappa shape index (κ1) is 23.5. The molecule has 1 fully saturated rings. The highest BCUT2D eigenvalue weighted by atomic mass is 32.2. The normalized spacial score (nSPS) is 17.2. The van der Waals surface area contributed by atoms with Crippen LogP contribution in [0.5, 0.6) is 5.75 Å². The lowest BCUT2D eigenvalue weighted by Crippen LogP contribution is -2.50. The average molecular weight is 425 g/mol. The van der Waals surface area contributed by atoms with Crippen LogP contribution in [0.25, 0.3) is 0 Å². The Morgan fingerprint density at radius 3 is 2.55 bits per heavy atom. The third-order valence-electron chi connectivity index (χ3n) is 5.38. The van der Waals surface area contributed by atoms with Crippen LogP contribution in [0.3, 0.4) is 0 Å². The van der Waals surface area contributed by atoms with Gasteiger partial charge in [0.05, 0.1) is 19.4 Å². The van der Waals surface area contributed by atoms with Crippen LogP contribution >= 0.6 is 0 Å². The Morgan fingerprint density at radius 1 is 1.28 bits per heavy atom. The largest absolute Gasteiger partial charge is 0.497 e. The number of nitrogens with one attached hydrogen (secondary N) is 2. The summed E-state index contributed by atoms with van der Waals surface area (Å²) in [6, 6.07) is 8.32. The van der Waals surface area contributed by atoms with Gasteiger partial charge in [-0.15, -0.1) is 0 Å². The maximum Gasteiger partial charge on any atom is 0.213 e. The molecule has 1 saturated heterocycles. The molecule has 0 aliphatic carbocycles. The van der Waals surface area contributed by atoms with Crippen molar-refractivity contribution in [1.29, 1.82) is 0 Å². The smallest absolute Gasteiger partial charge is 0.213 e. The van der Waals surface area contributed by atoms with E-state index in [-0.39, 0.29) is 17.2 Å². The molecule has 0 atom stereocenters. The van der Waals surface area contributed by atoms with Gasteiger partial charge in [-0.25, -0.2) is 12.7 Å². The molecule has 8 heteroatoms. The maximum atomic E-state index is 12.0. The molecule has 0 saturated carbocycles. The Labute approximate surface area is 176 Å². The minimum absolute atomic E-state index is 0.143. The zero-order valence-corrected chi connectivity index (χ0v) is 19.2. The predicted octanol–water partition coefficient (Wildman–Crippen LogP) is 2.34. The first-order valence-corrected chi connectivity index (χ1v) is 12.0. The second-order valence-electron chi connectivity index (χ2n) is 8.03. The Kier molecular flexibility index (Phi) is 8.34. The standard InChI is InChI=1S/C21H36N4O3S/c1-6-22-20(24-18-11-13-25(14-12-18)29(26,27)7-2)23-16-21(3,4)17-9-8-10-19(15-17)28-5/h8-10,15,18H,6-7,11-14,16H2,1-5H3,(H2,22,23,24). The second kappa shape index (κ2) is 10.3. The van der Waals surface area contributed by atoms with E-state index in [1.165, 1.54) is 5.56 Å². The van der Waals surface area contributed by atoms with E-state index >= 15 is 0 Å². The van der Waals surface area contributed by atoms with Crippen molar-refractivity contribution in [2.75, 3.05) is 39.0 Å². The summed E-state index contributed by atoms with van der Waals surface area (Å²) >= 11 is 0. The maximum absolute atomic E-state index is 12.0. The van der Waals surface area contributed by atoms with Crippen LogP contribution in [0.15, 0.2) is 29.3 Å². The van der Waals surface area contributed by atoms with Crippen LogP contribution in [0.4, 0.5) is 0 Å². The molecule has 2 rings (SSSR count). The molecular weight excluding hydrogens is 388 g/mol. The van der Waals surface area contributed by atoms with E-state index in [0.29, 0.717) is 19.6 Å². The Morgan fingerprint density at radius 2 is 1.97 bits per heavy atom. The van der Waals surface area contributed by atoms with Gasteiger partial charge >= 0.3 is 0 Å². The third-order valence-corrected chi connectivity index (χ3v) is 7.26. The third kappa shape index (κ3) is 6.60. The summed E-state index contributed by atoms with van der Waals surface area (Å²) in [5.74, 6) is 1.79. The number of rotatable bonds is 8. The fourth-order valence-electron chi connectivity index (χ4n) is 3.39. The summed E-state index contributed by atoms with van der Waals surface area (Å²) in [6.45, 7) is 10.6. The average Bonchev–Trinajstić information content (AvgIpc) is 2.72. The zero-order chi connectivity index (χ0) is 21.5. The molecule has 2 N–H and O–H groups in total. The Hall–Kier alpha value is -1.80. The molecule has 164 valence electrons. The number of guanidine groups is 1. The molecule has 0 amide bonds. The van der Waals surface area contributed by atoms with Gasteiger partial charge in [0.1, 0.15) is 5.75 Å². The molecule has 0 bridgehead atoms. The van der Waals surface area contributed by atoms with Gasteiger partial charge in [0.25, 0.3) is 0 Å². The topological polar surface area (TPSA) is 83.0 Å². The van der Waals surface area contributed by atoms with Gasteiger partial charge in [0.15, 0.2) is 5.96 Å². The van der Waals surface area contributed by atoms with E-state index < -0.39 is 10.0 Å². The van der Waals surface area contributed by atoms with Crippen LogP contribution in [0.2, 0.25) is 0 Å². The van der Waals surface area contributed by atoms with Crippen LogP contribution in [0, 0.1) is 0 Å². The van der Waals surface area contributed by atoms with E-state index in [1.807, 2.05) is 19.1 Å². The molecule has 0 spiro atoms. The number of ether oxygens (including phenoxy) is 1. The SMILES string of the molecule is CCNC(=NCC(C)(C)c1cccc(OC)c1)NC1CCN(S(=O)(=O)CC)CC1. The Balaban J connectivity index is 2.01. The number of benzene rings is 1. The van der Waals surface area contributed by atoms with Crippen LogP contribution < -0.4 is 15.4 Å². The number of hydrogen-bond acceptors (Lipinski definition) is 4. The summed E-state index contributed by atoms with van der Waals surface area (Å²) < 4.78 is 31.0. The molecule has 1 aromatic carbocycles. The first-order chi connectivity index (χ1) is 13.7. The van der Waals surface area contributed by atoms with Crippen molar-refractivity contribution < 1.29 is 13.2 Å². The van der Waals surface area contributed by atoms with Gasteiger partial charge < -0.3 is 15.4 Å². The van der Waals surface area contributed by atoms with E-state index in [0.717, 1.165) is 31.1 Å². The summed E-state index contributed by atoms with van der Waals surface area (Å²) in [6.07, 6.45) is 1.56. The quantitative estimate of drug-likeness (QED) is 0.494. The molecule has 1 aliphatic rings. The molecule has 1 aromatic rings. The van der Waals surface area contributed by atoms with E-state index in [2.05, 4.69) is 36.6 Å². The van der Waals surface area contributed by atoms with Gasteiger partial charge in [-0.2, -0.15) is 0 Å². The molecular formula is C21H36N4O3S. The molecule has 1 heterocycles. The summed E-state index contributed by atoms with van der Waals surface area (Å²) in [5, 5.41) is 6.80. The number of piperidine rings is 1. The summed E-state index contributed by atoms with van der Waals surface area (Å²) in [7, 11) is -1.42. The second-order valence-corrected chi connectivity index (χ2v) is 10.3. The molecule has 0 radical (unpaired) electrons. The van der Waals surface area contributed by atoms with Gasteiger partial charge in [-0.3, -0.25) is 4.99 Å². The monoisotopic (exact) mass is 424 g/mol. The van der Waals surface area contributed by atoms with E-state index in [4.69, 9.17) is 9.73 Å². The van der Waals surface area contributed by atoms with Crippen molar-refractivity contribution in [2.24, 2.45) is 4.99 Å². The molecule has 29 heavy (non-hydrogen) atoms. The highest BCUT2D eigenvalue weighted by Gasteiger charge is 2.27. The number of aliphatic imine (C=N–C) groups is 1. The zero-order valence-electron chi connectivity index (χ0n) is 18.4. The molecule has 0 unspecified atom stereocenters. The first-order valence-electron chi connectivity index (χ1n) is 10.4. The van der Waals surface area contributed by atoms with Crippen molar-refractivity contribution in [3.63, 3.8) is 0 Å². The van der Waals surface area contributed by atoms with Crippen LogP contribution in [-0.4, -0.2) is 63.8 Å². The van der Waals surface area contributed by atoms with Crippen molar-refractivity contribution >= 4 is 16.0 Å². The van der Waals surface area contributed by atoms with Gasteiger partial charge in [0, 0.05) is 31.1 Å². The number of nitrogens with zero attached hydrogens (tertiary/aromatic N) is 2. The van der Waals surface area contributed by atoms with E-state index in [9.17, 15) is 8.42 Å². The fourth-order valence-corrected chi connectivity index (χ4v) is 4.52. The lowest BCUT2D eigenvalue weighted by Gasteiger charge is -2.32. The Bertz CT molecular complexity index is 785.